The molecule has 0 atom stereocenters. The fraction of sp³-hybridized carbons (Fsp3) is 0.474. The maximum Gasteiger partial charge on any atom is 0.262 e. The Balaban J connectivity index is 1.70. The van der Waals surface area contributed by atoms with Crippen LogP contribution in [-0.4, -0.2) is 52.2 Å². The van der Waals surface area contributed by atoms with Gasteiger partial charge in [-0.3, -0.25) is 4.79 Å². The van der Waals surface area contributed by atoms with Crippen LogP contribution in [-0.2, 0) is 27.9 Å². The van der Waals surface area contributed by atoms with E-state index in [1.54, 1.807) is 9.47 Å². The summed E-state index contributed by atoms with van der Waals surface area (Å²) in [6.45, 7) is 5.59. The third kappa shape index (κ3) is 4.56. The van der Waals surface area contributed by atoms with Crippen LogP contribution >= 0.6 is 0 Å². The van der Waals surface area contributed by atoms with Gasteiger partial charge in [0.1, 0.15) is 6.54 Å². The Kier molecular flexibility index (Phi) is 5.96. The van der Waals surface area contributed by atoms with Gasteiger partial charge in [0.15, 0.2) is 5.03 Å². The maximum absolute atomic E-state index is 12.8. The van der Waals surface area contributed by atoms with Crippen LogP contribution in [0.15, 0.2) is 47.9 Å². The Morgan fingerprint density at radius 3 is 2.48 bits per heavy atom. The largest absolute Gasteiger partial charge is 0.334 e. The number of hydrogen-bond acceptors (Lipinski definition) is 4. The van der Waals surface area contributed by atoms with Gasteiger partial charge in [0.25, 0.3) is 10.0 Å². The summed E-state index contributed by atoms with van der Waals surface area (Å²) in [6, 6.07) is 9.85. The second-order valence-electron chi connectivity index (χ2n) is 7.10. The molecule has 7 nitrogen and oxygen atoms in total. The van der Waals surface area contributed by atoms with E-state index >= 15 is 0 Å². The van der Waals surface area contributed by atoms with E-state index in [0.29, 0.717) is 19.6 Å². The van der Waals surface area contributed by atoms with Crippen molar-refractivity contribution in [3.05, 3.63) is 48.4 Å². The first-order chi connectivity index (χ1) is 12.9. The molecule has 8 heteroatoms. The molecule has 0 N–H and O–H groups in total. The van der Waals surface area contributed by atoms with E-state index in [0.717, 1.165) is 18.4 Å². The lowest BCUT2D eigenvalue weighted by Crippen LogP contribution is -2.38. The molecule has 2 aromatic rings. The molecule has 1 amide bonds. The summed E-state index contributed by atoms with van der Waals surface area (Å²) in [5.74, 6) is -0.0728. The van der Waals surface area contributed by atoms with Crippen LogP contribution in [0.3, 0.4) is 0 Å². The van der Waals surface area contributed by atoms with Gasteiger partial charge in [-0.1, -0.05) is 30.3 Å². The SMILES string of the molecule is CC(C)N(Cc1ccccc1)C(=O)Cn1cnc(S(=O)(=O)N2CCCC2)c1. The normalized spacial score (nSPS) is 15.4. The second-order valence-corrected chi connectivity index (χ2v) is 8.98. The molecule has 1 aliphatic rings. The Labute approximate surface area is 160 Å². The molecule has 0 radical (unpaired) electrons. The molecule has 146 valence electrons. The van der Waals surface area contributed by atoms with Gasteiger partial charge in [-0.05, 0) is 32.3 Å². The highest BCUT2D eigenvalue weighted by Gasteiger charge is 2.29. The standard InChI is InChI=1S/C19H26N4O3S/c1-16(2)23(12-17-8-4-3-5-9-17)19(24)14-21-13-18(20-15-21)27(25,26)22-10-6-7-11-22/h3-5,8-9,13,15-16H,6-7,10-12,14H2,1-2H3. The van der Waals surface area contributed by atoms with Gasteiger partial charge in [0.05, 0.1) is 6.33 Å². The van der Waals surface area contributed by atoms with Gasteiger partial charge < -0.3 is 9.47 Å². The van der Waals surface area contributed by atoms with Crippen molar-refractivity contribution in [2.45, 2.75) is 50.8 Å². The van der Waals surface area contributed by atoms with Crippen LogP contribution < -0.4 is 0 Å². The van der Waals surface area contributed by atoms with Gasteiger partial charge in [0, 0.05) is 31.9 Å². The Morgan fingerprint density at radius 2 is 1.85 bits per heavy atom. The maximum atomic E-state index is 12.8. The topological polar surface area (TPSA) is 75.5 Å². The zero-order valence-electron chi connectivity index (χ0n) is 15.8. The average Bonchev–Trinajstić information content (AvgIpc) is 3.32. The first-order valence-electron chi connectivity index (χ1n) is 9.23. The lowest BCUT2D eigenvalue weighted by Gasteiger charge is -2.27. The molecule has 1 aromatic heterocycles. The summed E-state index contributed by atoms with van der Waals surface area (Å²) in [4.78, 5) is 18.6. The van der Waals surface area contributed by atoms with Gasteiger partial charge in [-0.2, -0.15) is 4.31 Å². The van der Waals surface area contributed by atoms with E-state index in [-0.39, 0.29) is 23.5 Å². The van der Waals surface area contributed by atoms with Crippen LogP contribution in [0, 0.1) is 0 Å². The summed E-state index contributed by atoms with van der Waals surface area (Å²) >= 11 is 0. The van der Waals surface area contributed by atoms with E-state index in [4.69, 9.17) is 0 Å². The zero-order valence-corrected chi connectivity index (χ0v) is 16.6. The van der Waals surface area contributed by atoms with Crippen LogP contribution in [0.1, 0.15) is 32.3 Å². The minimum atomic E-state index is -3.56. The molecule has 1 saturated heterocycles. The molecule has 0 aliphatic carbocycles. The van der Waals surface area contributed by atoms with Crippen molar-refractivity contribution in [2.24, 2.45) is 0 Å². The number of amides is 1. The third-order valence-electron chi connectivity index (χ3n) is 4.74. The summed E-state index contributed by atoms with van der Waals surface area (Å²) < 4.78 is 28.1. The fourth-order valence-corrected chi connectivity index (χ4v) is 4.66. The molecule has 1 fully saturated rings. The molecule has 1 aliphatic heterocycles. The second kappa shape index (κ2) is 8.22. The van der Waals surface area contributed by atoms with Gasteiger partial charge >= 0.3 is 0 Å². The lowest BCUT2D eigenvalue weighted by atomic mass is 10.2. The molecule has 0 unspecified atom stereocenters. The average molecular weight is 391 g/mol. The van der Waals surface area contributed by atoms with Crippen molar-refractivity contribution >= 4 is 15.9 Å². The van der Waals surface area contributed by atoms with Crippen molar-refractivity contribution in [1.29, 1.82) is 0 Å². The van der Waals surface area contributed by atoms with Crippen molar-refractivity contribution in [2.75, 3.05) is 13.1 Å². The Hall–Kier alpha value is -2.19. The van der Waals surface area contributed by atoms with Crippen molar-refractivity contribution < 1.29 is 13.2 Å². The molecule has 2 heterocycles. The van der Waals surface area contributed by atoms with E-state index < -0.39 is 10.0 Å². The first kappa shape index (κ1) is 19.6. The molecular formula is C19H26N4O3S. The summed E-state index contributed by atoms with van der Waals surface area (Å²) in [5, 5.41) is 0.0105. The smallest absolute Gasteiger partial charge is 0.262 e. The zero-order chi connectivity index (χ0) is 19.4. The van der Waals surface area contributed by atoms with E-state index in [9.17, 15) is 13.2 Å². The van der Waals surface area contributed by atoms with Crippen LogP contribution in [0.2, 0.25) is 0 Å². The minimum absolute atomic E-state index is 0.0105. The fourth-order valence-electron chi connectivity index (χ4n) is 3.21. The number of sulfonamides is 1. The number of rotatable bonds is 7. The van der Waals surface area contributed by atoms with Crippen LogP contribution in [0.25, 0.3) is 0 Å². The molecule has 0 bridgehead atoms. The third-order valence-corrected chi connectivity index (χ3v) is 6.52. The number of aromatic nitrogens is 2. The van der Waals surface area contributed by atoms with E-state index in [1.807, 2.05) is 44.2 Å². The number of imidazole rings is 1. The van der Waals surface area contributed by atoms with Gasteiger partial charge in [-0.15, -0.1) is 0 Å². The predicted molar refractivity (Wildman–Crippen MR) is 102 cm³/mol. The molecule has 27 heavy (non-hydrogen) atoms. The van der Waals surface area contributed by atoms with Crippen molar-refractivity contribution in [3.8, 4) is 0 Å². The molecule has 1 aromatic carbocycles. The van der Waals surface area contributed by atoms with Gasteiger partial charge in [-0.25, -0.2) is 13.4 Å². The molecular weight excluding hydrogens is 364 g/mol. The van der Waals surface area contributed by atoms with E-state index in [2.05, 4.69) is 4.98 Å². The lowest BCUT2D eigenvalue weighted by molar-refractivity contribution is -0.134. The number of carbonyl (C=O) groups excluding carboxylic acids is 1. The van der Waals surface area contributed by atoms with Crippen LogP contribution in [0.4, 0.5) is 0 Å². The van der Waals surface area contributed by atoms with Crippen molar-refractivity contribution in [3.63, 3.8) is 0 Å². The Morgan fingerprint density at radius 1 is 1.19 bits per heavy atom. The highest BCUT2D eigenvalue weighted by Crippen LogP contribution is 2.19. The number of carbonyl (C=O) groups is 1. The number of nitrogens with zero attached hydrogens (tertiary/aromatic N) is 4. The highest BCUT2D eigenvalue weighted by molar-refractivity contribution is 7.89. The number of hydrogen-bond donors (Lipinski definition) is 0. The summed E-state index contributed by atoms with van der Waals surface area (Å²) in [7, 11) is -3.56. The molecule has 0 saturated carbocycles. The van der Waals surface area contributed by atoms with Crippen LogP contribution in [0.5, 0.6) is 0 Å². The monoisotopic (exact) mass is 390 g/mol. The quantitative estimate of drug-likeness (QED) is 0.726. The Bertz CT molecular complexity index is 871. The molecule has 3 rings (SSSR count). The predicted octanol–water partition coefficient (Wildman–Crippen LogP) is 2.10. The summed E-state index contributed by atoms with van der Waals surface area (Å²) in [6.07, 6.45) is 4.62. The summed E-state index contributed by atoms with van der Waals surface area (Å²) in [5.41, 5.74) is 1.06. The van der Waals surface area contributed by atoms with Gasteiger partial charge in [0.2, 0.25) is 5.91 Å². The number of benzene rings is 1. The first-order valence-corrected chi connectivity index (χ1v) is 10.7. The van der Waals surface area contributed by atoms with E-state index in [1.165, 1.54) is 16.8 Å². The highest BCUT2D eigenvalue weighted by atomic mass is 32.2. The minimum Gasteiger partial charge on any atom is -0.334 e. The molecule has 0 spiro atoms. The van der Waals surface area contributed by atoms with Crippen molar-refractivity contribution in [1.82, 2.24) is 18.8 Å².